The zero-order valence-electron chi connectivity index (χ0n) is 12.8. The van der Waals surface area contributed by atoms with Crippen LogP contribution in [0.25, 0.3) is 0 Å². The van der Waals surface area contributed by atoms with Crippen LogP contribution in [0.5, 0.6) is 0 Å². The molecule has 0 aliphatic carbocycles. The van der Waals surface area contributed by atoms with Gasteiger partial charge in [-0.25, -0.2) is 0 Å². The topological polar surface area (TPSA) is 42.7 Å². The third-order valence-electron chi connectivity index (χ3n) is 3.67. The van der Waals surface area contributed by atoms with Crippen LogP contribution in [0, 0.1) is 0 Å². The molecule has 1 aromatic carbocycles. The van der Waals surface area contributed by atoms with Gasteiger partial charge in [0, 0.05) is 19.5 Å². The molecule has 1 heterocycles. The lowest BCUT2D eigenvalue weighted by Crippen LogP contribution is -2.23. The van der Waals surface area contributed by atoms with Gasteiger partial charge >= 0.3 is 6.18 Å². The van der Waals surface area contributed by atoms with Crippen molar-refractivity contribution in [2.75, 3.05) is 0 Å². The molecule has 0 spiro atoms. The van der Waals surface area contributed by atoms with Crippen molar-refractivity contribution in [3.8, 4) is 0 Å². The van der Waals surface area contributed by atoms with Crippen LogP contribution in [0.4, 0.5) is 13.2 Å². The fourth-order valence-electron chi connectivity index (χ4n) is 2.35. The van der Waals surface area contributed by atoms with Crippen molar-refractivity contribution in [1.29, 1.82) is 0 Å². The summed E-state index contributed by atoms with van der Waals surface area (Å²) >= 11 is 0. The first-order valence-corrected chi connectivity index (χ1v) is 7.11. The summed E-state index contributed by atoms with van der Waals surface area (Å²) in [4.78, 5) is 0. The number of hydrogen-bond acceptors (Lipinski definition) is 3. The van der Waals surface area contributed by atoms with Crippen molar-refractivity contribution in [3.05, 3.63) is 47.0 Å². The highest BCUT2D eigenvalue weighted by molar-refractivity contribution is 5.32. The molecule has 0 unspecified atom stereocenters. The molecule has 0 saturated heterocycles. The van der Waals surface area contributed by atoms with Crippen LogP contribution in [0.1, 0.15) is 42.7 Å². The molecule has 0 amide bonds. The molecule has 4 nitrogen and oxygen atoms in total. The van der Waals surface area contributed by atoms with Gasteiger partial charge in [0.25, 0.3) is 0 Å². The van der Waals surface area contributed by atoms with E-state index in [0.717, 1.165) is 18.3 Å². The number of rotatable bonds is 5. The van der Waals surface area contributed by atoms with Crippen LogP contribution in [0.3, 0.4) is 0 Å². The summed E-state index contributed by atoms with van der Waals surface area (Å²) < 4.78 is 40.9. The fourth-order valence-corrected chi connectivity index (χ4v) is 2.35. The average molecular weight is 312 g/mol. The van der Waals surface area contributed by atoms with E-state index in [2.05, 4.69) is 15.5 Å². The number of hydrogen-bond donors (Lipinski definition) is 1. The Morgan fingerprint density at radius 2 is 1.82 bits per heavy atom. The second kappa shape index (κ2) is 6.48. The molecule has 2 aromatic rings. The summed E-state index contributed by atoms with van der Waals surface area (Å²) in [5, 5.41) is 11.2. The molecule has 0 saturated carbocycles. The lowest BCUT2D eigenvalue weighted by Gasteiger charge is -2.19. The van der Waals surface area contributed by atoms with Crippen LogP contribution in [-0.2, 0) is 26.2 Å². The molecule has 2 rings (SSSR count). The summed E-state index contributed by atoms with van der Waals surface area (Å²) in [5.74, 6) is 1.55. The number of aryl methyl sites for hydroxylation is 1. The monoisotopic (exact) mass is 312 g/mol. The van der Waals surface area contributed by atoms with E-state index in [1.807, 2.05) is 18.5 Å². The van der Waals surface area contributed by atoms with Crippen LogP contribution < -0.4 is 5.32 Å². The maximum absolute atomic E-state index is 13.0. The smallest absolute Gasteiger partial charge is 0.317 e. The van der Waals surface area contributed by atoms with Gasteiger partial charge in [0.15, 0.2) is 0 Å². The third-order valence-corrected chi connectivity index (χ3v) is 3.67. The van der Waals surface area contributed by atoms with Crippen LogP contribution in [0.15, 0.2) is 24.3 Å². The molecule has 0 fully saturated rings. The number of nitrogens with one attached hydrogen (secondary N) is 1. The van der Waals surface area contributed by atoms with E-state index in [4.69, 9.17) is 0 Å². The number of nitrogens with zero attached hydrogens (tertiary/aromatic N) is 3. The normalized spacial score (nSPS) is 13.4. The first kappa shape index (κ1) is 16.5. The van der Waals surface area contributed by atoms with Gasteiger partial charge < -0.3 is 9.88 Å². The van der Waals surface area contributed by atoms with E-state index < -0.39 is 17.8 Å². The highest BCUT2D eigenvalue weighted by atomic mass is 19.4. The zero-order valence-corrected chi connectivity index (χ0v) is 12.8. The first-order valence-electron chi connectivity index (χ1n) is 7.11. The van der Waals surface area contributed by atoms with Gasteiger partial charge in [-0.15, -0.1) is 10.2 Å². The zero-order chi connectivity index (χ0) is 16.3. The minimum atomic E-state index is -4.35. The SMILES string of the molecule is CCc1nnc(CN[C@@H](C)c2ccccc2C(F)(F)F)n1C. The molecule has 0 aliphatic heterocycles. The maximum Gasteiger partial charge on any atom is 0.416 e. The average Bonchev–Trinajstić information content (AvgIpc) is 2.84. The lowest BCUT2D eigenvalue weighted by molar-refractivity contribution is -0.138. The van der Waals surface area contributed by atoms with Crippen LogP contribution >= 0.6 is 0 Å². The lowest BCUT2D eigenvalue weighted by atomic mass is 10.0. The maximum atomic E-state index is 13.0. The van der Waals surface area contributed by atoms with Crippen molar-refractivity contribution in [1.82, 2.24) is 20.1 Å². The molecule has 7 heteroatoms. The molecular weight excluding hydrogens is 293 g/mol. The molecule has 120 valence electrons. The van der Waals surface area contributed by atoms with Gasteiger partial charge in [0.2, 0.25) is 0 Å². The number of aromatic nitrogens is 3. The van der Waals surface area contributed by atoms with Gasteiger partial charge in [0.1, 0.15) is 11.6 Å². The minimum Gasteiger partial charge on any atom is -0.317 e. The Balaban J connectivity index is 2.13. The quantitative estimate of drug-likeness (QED) is 0.921. The third kappa shape index (κ3) is 3.47. The summed E-state index contributed by atoms with van der Waals surface area (Å²) in [7, 11) is 1.85. The second-order valence-electron chi connectivity index (χ2n) is 5.13. The van der Waals surface area contributed by atoms with Gasteiger partial charge in [-0.1, -0.05) is 25.1 Å². The Bertz CT molecular complexity index is 634. The summed E-state index contributed by atoms with van der Waals surface area (Å²) in [5.41, 5.74) is -0.380. The van der Waals surface area contributed by atoms with Gasteiger partial charge in [-0.2, -0.15) is 13.2 Å². The van der Waals surface area contributed by atoms with E-state index >= 15 is 0 Å². The van der Waals surface area contributed by atoms with E-state index in [9.17, 15) is 13.2 Å². The summed E-state index contributed by atoms with van der Waals surface area (Å²) in [6.45, 7) is 4.04. The number of benzene rings is 1. The van der Waals surface area contributed by atoms with Crippen molar-refractivity contribution in [3.63, 3.8) is 0 Å². The van der Waals surface area contributed by atoms with Crippen LogP contribution in [0.2, 0.25) is 0 Å². The standard InChI is InChI=1S/C15H19F3N4/c1-4-13-20-21-14(22(13)3)9-19-10(2)11-7-5-6-8-12(11)15(16,17)18/h5-8,10,19H,4,9H2,1-3H3/t10-/m0/s1. The molecule has 1 N–H and O–H groups in total. The Morgan fingerprint density at radius 1 is 1.18 bits per heavy atom. The van der Waals surface area contributed by atoms with Gasteiger partial charge in [0.05, 0.1) is 12.1 Å². The summed E-state index contributed by atoms with van der Waals surface area (Å²) in [6.07, 6.45) is -3.59. The minimum absolute atomic E-state index is 0.230. The molecule has 0 aliphatic rings. The molecule has 1 aromatic heterocycles. The Morgan fingerprint density at radius 3 is 2.41 bits per heavy atom. The molecule has 22 heavy (non-hydrogen) atoms. The largest absolute Gasteiger partial charge is 0.416 e. The Labute approximate surface area is 127 Å². The Hall–Kier alpha value is -1.89. The molecular formula is C15H19F3N4. The number of halogens is 3. The van der Waals surface area contributed by atoms with E-state index in [1.165, 1.54) is 12.1 Å². The molecule has 0 bridgehead atoms. The predicted molar refractivity (Wildman–Crippen MR) is 77.1 cm³/mol. The highest BCUT2D eigenvalue weighted by Crippen LogP contribution is 2.34. The van der Waals surface area contributed by atoms with Crippen molar-refractivity contribution in [2.24, 2.45) is 7.05 Å². The summed E-state index contributed by atoms with van der Waals surface area (Å²) in [6, 6.07) is 5.16. The van der Waals surface area contributed by atoms with E-state index in [0.29, 0.717) is 12.4 Å². The predicted octanol–water partition coefficient (Wildman–Crippen LogP) is 3.25. The number of alkyl halides is 3. The van der Waals surface area contributed by atoms with E-state index in [-0.39, 0.29) is 5.56 Å². The molecule has 0 radical (unpaired) electrons. The second-order valence-corrected chi connectivity index (χ2v) is 5.13. The highest BCUT2D eigenvalue weighted by Gasteiger charge is 2.34. The fraction of sp³-hybridized carbons (Fsp3) is 0.467. The van der Waals surface area contributed by atoms with Crippen molar-refractivity contribution in [2.45, 2.75) is 39.0 Å². The first-order chi connectivity index (χ1) is 10.3. The van der Waals surface area contributed by atoms with Crippen molar-refractivity contribution >= 4 is 0 Å². The van der Waals surface area contributed by atoms with E-state index in [1.54, 1.807) is 13.0 Å². The van der Waals surface area contributed by atoms with Gasteiger partial charge in [-0.05, 0) is 18.6 Å². The van der Waals surface area contributed by atoms with Crippen LogP contribution in [-0.4, -0.2) is 14.8 Å². The Kier molecular flexibility index (Phi) is 4.85. The molecule has 1 atom stereocenters. The van der Waals surface area contributed by atoms with Gasteiger partial charge in [-0.3, -0.25) is 0 Å². The van der Waals surface area contributed by atoms with Crippen molar-refractivity contribution < 1.29 is 13.2 Å².